The highest BCUT2D eigenvalue weighted by Gasteiger charge is 2.35. The molecule has 2 fully saturated rings. The summed E-state index contributed by atoms with van der Waals surface area (Å²) in [6, 6.07) is 13.7. The second kappa shape index (κ2) is 7.80. The molecule has 2 atom stereocenters. The zero-order valence-electron chi connectivity index (χ0n) is 17.0. The van der Waals surface area contributed by atoms with Gasteiger partial charge in [-0.25, -0.2) is 0 Å². The average Bonchev–Trinajstić information content (AvgIpc) is 2.75. The lowest BCUT2D eigenvalue weighted by atomic mass is 9.81. The van der Waals surface area contributed by atoms with Crippen LogP contribution in [-0.4, -0.2) is 29.1 Å². The van der Waals surface area contributed by atoms with Gasteiger partial charge in [0.05, 0.1) is 11.6 Å². The van der Waals surface area contributed by atoms with E-state index in [1.807, 2.05) is 28.8 Å². The van der Waals surface area contributed by atoms with E-state index in [-0.39, 0.29) is 5.56 Å². The first-order chi connectivity index (χ1) is 14.2. The number of hydrogen-bond donors (Lipinski definition) is 0. The van der Waals surface area contributed by atoms with Crippen molar-refractivity contribution in [3.63, 3.8) is 0 Å². The van der Waals surface area contributed by atoms with Gasteiger partial charge in [0.25, 0.3) is 5.56 Å². The number of nitriles is 1. The van der Waals surface area contributed by atoms with Crippen molar-refractivity contribution in [2.75, 3.05) is 19.6 Å². The third-order valence-electron chi connectivity index (χ3n) is 7.22. The predicted molar refractivity (Wildman–Crippen MR) is 115 cm³/mol. The maximum Gasteiger partial charge on any atom is 0.258 e. The maximum absolute atomic E-state index is 13.3. The molecule has 5 rings (SSSR count). The normalized spacial score (nSPS) is 24.7. The van der Waals surface area contributed by atoms with Crippen molar-refractivity contribution in [3.05, 3.63) is 58.0 Å². The van der Waals surface area contributed by atoms with E-state index < -0.39 is 0 Å². The molecule has 1 saturated carbocycles. The molecule has 2 aromatic rings. The fourth-order valence-corrected chi connectivity index (χ4v) is 5.90. The minimum Gasteiger partial charge on any atom is -0.311 e. The monoisotopic (exact) mass is 387 g/mol. The van der Waals surface area contributed by atoms with E-state index >= 15 is 0 Å². The largest absolute Gasteiger partial charge is 0.311 e. The Morgan fingerprint density at radius 2 is 1.90 bits per heavy atom. The third kappa shape index (κ3) is 3.65. The van der Waals surface area contributed by atoms with Crippen molar-refractivity contribution in [2.45, 2.75) is 51.0 Å². The molecule has 29 heavy (non-hydrogen) atoms. The van der Waals surface area contributed by atoms with Gasteiger partial charge in [-0.15, -0.1) is 0 Å². The Morgan fingerprint density at radius 1 is 1.03 bits per heavy atom. The van der Waals surface area contributed by atoms with Crippen molar-refractivity contribution < 1.29 is 0 Å². The van der Waals surface area contributed by atoms with Gasteiger partial charge >= 0.3 is 0 Å². The molecular formula is C25H29N3O. The lowest BCUT2D eigenvalue weighted by Gasteiger charge is -2.44. The second-order valence-electron chi connectivity index (χ2n) is 9.30. The van der Waals surface area contributed by atoms with Crippen molar-refractivity contribution in [1.29, 1.82) is 5.26 Å². The molecule has 0 spiro atoms. The van der Waals surface area contributed by atoms with Gasteiger partial charge in [-0.2, -0.15) is 5.26 Å². The number of piperidine rings is 1. The van der Waals surface area contributed by atoms with E-state index in [2.05, 4.69) is 17.0 Å². The fourth-order valence-electron chi connectivity index (χ4n) is 5.90. The number of hydrogen-bond acceptors (Lipinski definition) is 3. The van der Waals surface area contributed by atoms with E-state index in [9.17, 15) is 10.1 Å². The van der Waals surface area contributed by atoms with E-state index in [1.54, 1.807) is 6.07 Å². The number of nitrogens with zero attached hydrogens (tertiary/aromatic N) is 3. The molecule has 4 nitrogen and oxygen atoms in total. The van der Waals surface area contributed by atoms with Crippen LogP contribution in [0.5, 0.6) is 0 Å². The Kier molecular flexibility index (Phi) is 5.01. The summed E-state index contributed by atoms with van der Waals surface area (Å²) in [7, 11) is 0. The van der Waals surface area contributed by atoms with Gasteiger partial charge < -0.3 is 9.47 Å². The van der Waals surface area contributed by atoms with Gasteiger partial charge in [-0.3, -0.25) is 4.79 Å². The zero-order valence-corrected chi connectivity index (χ0v) is 17.0. The molecule has 1 aromatic heterocycles. The maximum atomic E-state index is 13.3. The quantitative estimate of drug-likeness (QED) is 0.785. The highest BCUT2D eigenvalue weighted by atomic mass is 16.1. The number of likely N-dealkylation sites (tertiary alicyclic amines) is 1. The standard InChI is InChI=1S/C25H29N3O/c26-13-19-7-4-8-21(11-19)23-9-10-24-22-12-20(16-28(24)25(23)29)15-27(17-22)14-18-5-2-1-3-6-18/h4,7-11,18,20,22H,1-3,5-6,12,14-17H2/t20-,22+/m0/s1. The molecule has 1 aromatic carbocycles. The first-order valence-electron chi connectivity index (χ1n) is 11.2. The Hall–Kier alpha value is -2.38. The molecule has 0 amide bonds. The van der Waals surface area contributed by atoms with Gasteiger partial charge in [0.2, 0.25) is 0 Å². The molecule has 2 bridgehead atoms. The van der Waals surface area contributed by atoms with Crippen LogP contribution in [0.2, 0.25) is 0 Å². The summed E-state index contributed by atoms with van der Waals surface area (Å²) in [5.74, 6) is 1.92. The van der Waals surface area contributed by atoms with Crippen molar-refractivity contribution in [1.82, 2.24) is 9.47 Å². The van der Waals surface area contributed by atoms with Crippen LogP contribution < -0.4 is 5.56 Å². The number of fused-ring (bicyclic) bond motifs is 4. The average molecular weight is 388 g/mol. The van der Waals surface area contributed by atoms with E-state index in [4.69, 9.17) is 0 Å². The first kappa shape index (κ1) is 18.6. The van der Waals surface area contributed by atoms with Crippen molar-refractivity contribution in [3.8, 4) is 17.2 Å². The van der Waals surface area contributed by atoms with E-state index in [0.717, 1.165) is 31.1 Å². The van der Waals surface area contributed by atoms with Crippen LogP contribution >= 0.6 is 0 Å². The topological polar surface area (TPSA) is 49.0 Å². The van der Waals surface area contributed by atoms with Crippen LogP contribution in [0.15, 0.2) is 41.2 Å². The fraction of sp³-hybridized carbons (Fsp3) is 0.520. The molecule has 150 valence electrons. The Morgan fingerprint density at radius 3 is 2.72 bits per heavy atom. The highest BCUT2D eigenvalue weighted by Crippen LogP contribution is 2.37. The SMILES string of the molecule is N#Cc1cccc(-c2ccc3n(c2=O)C[C@H]2C[C@@H]3CN(CC3CCCCC3)C2)c1. The summed E-state index contributed by atoms with van der Waals surface area (Å²) in [6.07, 6.45) is 8.22. The molecular weight excluding hydrogens is 358 g/mol. The summed E-state index contributed by atoms with van der Waals surface area (Å²) in [5.41, 5.74) is 3.47. The molecule has 0 unspecified atom stereocenters. The van der Waals surface area contributed by atoms with Crippen molar-refractivity contribution >= 4 is 0 Å². The van der Waals surface area contributed by atoms with Crippen LogP contribution in [0.25, 0.3) is 11.1 Å². The third-order valence-corrected chi connectivity index (χ3v) is 7.22. The number of aromatic nitrogens is 1. The Labute approximate surface area is 172 Å². The minimum absolute atomic E-state index is 0.105. The molecule has 3 aliphatic rings. The highest BCUT2D eigenvalue weighted by molar-refractivity contribution is 5.64. The van der Waals surface area contributed by atoms with Gasteiger partial charge in [0.1, 0.15) is 0 Å². The molecule has 3 heterocycles. The van der Waals surface area contributed by atoms with Crippen LogP contribution in [-0.2, 0) is 6.54 Å². The van der Waals surface area contributed by atoms with Crippen LogP contribution in [0, 0.1) is 23.2 Å². The summed E-state index contributed by atoms with van der Waals surface area (Å²) in [5, 5.41) is 9.18. The number of benzene rings is 1. The zero-order chi connectivity index (χ0) is 19.8. The molecule has 1 saturated heterocycles. The van der Waals surface area contributed by atoms with Crippen LogP contribution in [0.1, 0.15) is 55.7 Å². The molecule has 2 aliphatic heterocycles. The smallest absolute Gasteiger partial charge is 0.258 e. The van der Waals surface area contributed by atoms with Gasteiger partial charge in [-0.1, -0.05) is 31.4 Å². The number of rotatable bonds is 3. The summed E-state index contributed by atoms with van der Waals surface area (Å²) in [6.45, 7) is 4.30. The number of pyridine rings is 1. The minimum atomic E-state index is 0.105. The van der Waals surface area contributed by atoms with Gasteiger partial charge in [0.15, 0.2) is 0 Å². The summed E-state index contributed by atoms with van der Waals surface area (Å²) >= 11 is 0. The second-order valence-corrected chi connectivity index (χ2v) is 9.30. The molecule has 1 aliphatic carbocycles. The van der Waals surface area contributed by atoms with E-state index in [1.165, 1.54) is 50.8 Å². The lowest BCUT2D eigenvalue weighted by Crippen LogP contribution is -2.48. The molecule has 0 N–H and O–H groups in total. The van der Waals surface area contributed by atoms with Crippen molar-refractivity contribution in [2.24, 2.45) is 11.8 Å². The van der Waals surface area contributed by atoms with Crippen LogP contribution in [0.3, 0.4) is 0 Å². The van der Waals surface area contributed by atoms with Gasteiger partial charge in [0, 0.05) is 43.4 Å². The summed E-state index contributed by atoms with van der Waals surface area (Å²) in [4.78, 5) is 16.0. The first-order valence-corrected chi connectivity index (χ1v) is 11.2. The molecule has 0 radical (unpaired) electrons. The van der Waals surface area contributed by atoms with Crippen LogP contribution in [0.4, 0.5) is 0 Å². The van der Waals surface area contributed by atoms with Gasteiger partial charge in [-0.05, 0) is 60.9 Å². The Bertz CT molecular complexity index is 996. The Balaban J connectivity index is 1.40. The molecule has 4 heteroatoms. The summed E-state index contributed by atoms with van der Waals surface area (Å²) < 4.78 is 2.03. The predicted octanol–water partition coefficient (Wildman–Crippen LogP) is 4.39. The van der Waals surface area contributed by atoms with E-state index in [0.29, 0.717) is 23.0 Å². The lowest BCUT2D eigenvalue weighted by molar-refractivity contribution is 0.0967.